The molecule has 0 saturated carbocycles. The van der Waals surface area contributed by atoms with E-state index in [1.165, 1.54) is 36.0 Å². The molecule has 0 radical (unpaired) electrons. The van der Waals surface area contributed by atoms with Crippen LogP contribution in [-0.2, 0) is 25.7 Å². The maximum absolute atomic E-state index is 15.2. The van der Waals surface area contributed by atoms with Crippen LogP contribution in [0, 0.1) is 17.7 Å². The Morgan fingerprint density at radius 2 is 1.26 bits per heavy atom. The molecule has 0 aliphatic carbocycles. The van der Waals surface area contributed by atoms with Crippen LogP contribution in [0.2, 0.25) is 0 Å². The molecular weight excluding hydrogens is 415 g/mol. The van der Waals surface area contributed by atoms with Gasteiger partial charge in [0.15, 0.2) is 0 Å². The Morgan fingerprint density at radius 3 is 2.00 bits per heavy atom. The van der Waals surface area contributed by atoms with E-state index in [0.29, 0.717) is 11.8 Å². The van der Waals surface area contributed by atoms with Crippen LogP contribution in [0.3, 0.4) is 0 Å². The second-order valence-electron chi connectivity index (χ2n) is 9.05. The SMILES string of the molecule is CCCCCc1ccc(C#Cc2ccc3c(F)c(CCc4ccc(CC)cc4)ccc3c2)cc1. The highest BCUT2D eigenvalue weighted by Gasteiger charge is 2.08. The van der Waals surface area contributed by atoms with E-state index in [-0.39, 0.29) is 5.82 Å². The number of halogens is 1. The van der Waals surface area contributed by atoms with E-state index in [2.05, 4.69) is 74.2 Å². The second kappa shape index (κ2) is 11.7. The molecule has 0 unspecified atom stereocenters. The number of hydrogen-bond donors (Lipinski definition) is 0. The van der Waals surface area contributed by atoms with Crippen molar-refractivity contribution in [3.8, 4) is 11.8 Å². The van der Waals surface area contributed by atoms with Crippen molar-refractivity contribution in [2.75, 3.05) is 0 Å². The lowest BCUT2D eigenvalue weighted by Crippen LogP contribution is -1.96. The molecule has 4 aromatic rings. The number of benzene rings is 4. The molecule has 172 valence electrons. The van der Waals surface area contributed by atoms with Gasteiger partial charge in [-0.1, -0.05) is 93.1 Å². The van der Waals surface area contributed by atoms with Crippen molar-refractivity contribution in [2.45, 2.75) is 58.8 Å². The topological polar surface area (TPSA) is 0 Å². The Labute approximate surface area is 203 Å². The molecule has 0 amide bonds. The van der Waals surface area contributed by atoms with E-state index >= 15 is 4.39 Å². The largest absolute Gasteiger partial charge is 0.206 e. The van der Waals surface area contributed by atoms with Gasteiger partial charge in [0.05, 0.1) is 0 Å². The van der Waals surface area contributed by atoms with Crippen LogP contribution in [-0.4, -0.2) is 0 Å². The molecule has 0 saturated heterocycles. The predicted molar refractivity (Wildman–Crippen MR) is 143 cm³/mol. The van der Waals surface area contributed by atoms with Crippen LogP contribution in [0.25, 0.3) is 10.8 Å². The Kier molecular flexibility index (Phi) is 8.16. The van der Waals surface area contributed by atoms with E-state index in [1.807, 2.05) is 30.3 Å². The fraction of sp³-hybridized carbons (Fsp3) is 0.273. The molecular formula is C33H33F. The first-order valence-corrected chi connectivity index (χ1v) is 12.6. The smallest absolute Gasteiger partial charge is 0.134 e. The standard InChI is InChI=1S/C33H33F/c1-3-5-6-7-26-12-14-27(15-13-26)16-17-29-19-23-32-31(24-29)22-21-30(33(32)34)20-18-28-10-8-25(4-2)9-11-28/h8-15,19,21-24H,3-7,18,20H2,1-2H3. The second-order valence-corrected chi connectivity index (χ2v) is 9.05. The zero-order chi connectivity index (χ0) is 23.8. The third-order valence-electron chi connectivity index (χ3n) is 6.52. The van der Waals surface area contributed by atoms with Crippen LogP contribution in [0.5, 0.6) is 0 Å². The Morgan fingerprint density at radius 1 is 0.618 bits per heavy atom. The van der Waals surface area contributed by atoms with E-state index in [9.17, 15) is 0 Å². The third kappa shape index (κ3) is 6.15. The highest BCUT2D eigenvalue weighted by atomic mass is 19.1. The van der Waals surface area contributed by atoms with E-state index in [4.69, 9.17) is 0 Å². The van der Waals surface area contributed by atoms with Gasteiger partial charge in [0.1, 0.15) is 5.82 Å². The van der Waals surface area contributed by atoms with Gasteiger partial charge in [0, 0.05) is 16.5 Å². The van der Waals surface area contributed by atoms with Gasteiger partial charge in [-0.2, -0.15) is 0 Å². The normalized spacial score (nSPS) is 10.8. The molecule has 0 spiro atoms. The maximum atomic E-state index is 15.2. The van der Waals surface area contributed by atoms with Gasteiger partial charge < -0.3 is 0 Å². The van der Waals surface area contributed by atoms with E-state index in [1.54, 1.807) is 0 Å². The summed E-state index contributed by atoms with van der Waals surface area (Å²) in [5.74, 6) is 6.38. The highest BCUT2D eigenvalue weighted by Crippen LogP contribution is 2.24. The van der Waals surface area contributed by atoms with Crippen molar-refractivity contribution in [1.29, 1.82) is 0 Å². The highest BCUT2D eigenvalue weighted by molar-refractivity contribution is 5.85. The summed E-state index contributed by atoms with van der Waals surface area (Å²) in [6.07, 6.45) is 7.47. The molecule has 0 fully saturated rings. The summed E-state index contributed by atoms with van der Waals surface area (Å²) in [7, 11) is 0. The maximum Gasteiger partial charge on any atom is 0.134 e. The lowest BCUT2D eigenvalue weighted by Gasteiger charge is -2.08. The summed E-state index contributed by atoms with van der Waals surface area (Å²) in [5, 5.41) is 1.56. The number of unbranched alkanes of at least 4 members (excludes halogenated alkanes) is 2. The van der Waals surface area contributed by atoms with Crippen LogP contribution < -0.4 is 0 Å². The van der Waals surface area contributed by atoms with Gasteiger partial charge >= 0.3 is 0 Å². The molecule has 34 heavy (non-hydrogen) atoms. The number of aryl methyl sites for hydroxylation is 4. The van der Waals surface area contributed by atoms with Gasteiger partial charge in [-0.15, -0.1) is 0 Å². The third-order valence-corrected chi connectivity index (χ3v) is 6.52. The fourth-order valence-electron chi connectivity index (χ4n) is 4.31. The minimum atomic E-state index is -0.110. The Hall–Kier alpha value is -3.37. The average molecular weight is 449 g/mol. The summed E-state index contributed by atoms with van der Waals surface area (Å²) in [4.78, 5) is 0. The fourth-order valence-corrected chi connectivity index (χ4v) is 4.31. The lowest BCUT2D eigenvalue weighted by molar-refractivity contribution is 0.620. The summed E-state index contributed by atoms with van der Waals surface area (Å²) in [6.45, 7) is 4.38. The first-order valence-electron chi connectivity index (χ1n) is 12.6. The van der Waals surface area contributed by atoms with Gasteiger partial charge in [0.25, 0.3) is 0 Å². The first-order chi connectivity index (χ1) is 16.7. The Bertz CT molecular complexity index is 1280. The van der Waals surface area contributed by atoms with Gasteiger partial charge in [0.2, 0.25) is 0 Å². The predicted octanol–water partition coefficient (Wildman–Crippen LogP) is 8.46. The molecule has 0 nitrogen and oxygen atoms in total. The minimum absolute atomic E-state index is 0.110. The molecule has 4 aromatic carbocycles. The van der Waals surface area contributed by atoms with Crippen molar-refractivity contribution in [3.63, 3.8) is 0 Å². The number of fused-ring (bicyclic) bond motifs is 1. The molecule has 0 heterocycles. The quantitative estimate of drug-likeness (QED) is 0.187. The molecule has 4 rings (SSSR count). The van der Waals surface area contributed by atoms with Crippen molar-refractivity contribution >= 4 is 10.8 Å². The number of rotatable bonds is 8. The van der Waals surface area contributed by atoms with Gasteiger partial charge in [-0.3, -0.25) is 0 Å². The zero-order valence-electron chi connectivity index (χ0n) is 20.3. The Balaban J connectivity index is 1.44. The van der Waals surface area contributed by atoms with E-state index < -0.39 is 0 Å². The summed E-state index contributed by atoms with van der Waals surface area (Å²) >= 11 is 0. The minimum Gasteiger partial charge on any atom is -0.206 e. The summed E-state index contributed by atoms with van der Waals surface area (Å²) in [6, 6.07) is 26.9. The molecule has 1 heteroatoms. The van der Waals surface area contributed by atoms with Crippen LogP contribution >= 0.6 is 0 Å². The summed E-state index contributed by atoms with van der Waals surface area (Å²) < 4.78 is 15.2. The van der Waals surface area contributed by atoms with Gasteiger partial charge in [-0.25, -0.2) is 4.39 Å². The molecule has 0 bridgehead atoms. The van der Waals surface area contributed by atoms with Crippen LogP contribution in [0.1, 0.15) is 66.5 Å². The van der Waals surface area contributed by atoms with Crippen molar-refractivity contribution < 1.29 is 4.39 Å². The van der Waals surface area contributed by atoms with E-state index in [0.717, 1.165) is 41.3 Å². The zero-order valence-corrected chi connectivity index (χ0v) is 20.3. The molecule has 0 aromatic heterocycles. The average Bonchev–Trinajstić information content (AvgIpc) is 2.88. The van der Waals surface area contributed by atoms with Crippen molar-refractivity contribution in [2.24, 2.45) is 0 Å². The molecule has 0 N–H and O–H groups in total. The van der Waals surface area contributed by atoms with Crippen molar-refractivity contribution in [1.82, 2.24) is 0 Å². The number of hydrogen-bond acceptors (Lipinski definition) is 0. The van der Waals surface area contributed by atoms with Crippen LogP contribution in [0.15, 0.2) is 78.9 Å². The molecule has 0 aliphatic heterocycles. The molecule has 0 atom stereocenters. The first kappa shape index (κ1) is 23.8. The molecule has 0 aliphatic rings. The monoisotopic (exact) mass is 448 g/mol. The van der Waals surface area contributed by atoms with Gasteiger partial charge in [-0.05, 0) is 84.0 Å². The summed E-state index contributed by atoms with van der Waals surface area (Å²) in [5.41, 5.74) is 6.63. The van der Waals surface area contributed by atoms with Crippen molar-refractivity contribution in [3.05, 3.63) is 118 Å². The van der Waals surface area contributed by atoms with Crippen LogP contribution in [0.4, 0.5) is 4.39 Å². The lowest BCUT2D eigenvalue weighted by atomic mass is 9.98.